The lowest BCUT2D eigenvalue weighted by molar-refractivity contribution is 0.0752. The van der Waals surface area contributed by atoms with Crippen LogP contribution in [-0.4, -0.2) is 71.5 Å². The molecule has 0 aromatic carbocycles. The Morgan fingerprint density at radius 3 is 1.35 bits per heavy atom. The molecule has 5 nitrogen and oxygen atoms in total. The summed E-state index contributed by atoms with van der Waals surface area (Å²) in [5.41, 5.74) is 0. The van der Waals surface area contributed by atoms with Crippen LogP contribution in [0.5, 0.6) is 0 Å². The van der Waals surface area contributed by atoms with Crippen molar-refractivity contribution in [3.63, 3.8) is 0 Å². The molecule has 23 heavy (non-hydrogen) atoms. The maximum Gasteiger partial charge on any atom is 0.125 e. The summed E-state index contributed by atoms with van der Waals surface area (Å²) in [5.74, 6) is 0.507. The van der Waals surface area contributed by atoms with Crippen molar-refractivity contribution >= 4 is 0 Å². The first-order valence-electron chi connectivity index (χ1n) is 8.75. The number of hydrogen-bond acceptors (Lipinski definition) is 5. The van der Waals surface area contributed by atoms with Crippen LogP contribution in [0, 0.1) is 0 Å². The summed E-state index contributed by atoms with van der Waals surface area (Å²) in [6, 6.07) is 0. The molecule has 0 aliphatic carbocycles. The molecule has 0 amide bonds. The maximum absolute atomic E-state index is 10.1. The molecule has 0 aliphatic heterocycles. The monoisotopic (exact) mass is 328 g/mol. The van der Waals surface area contributed by atoms with E-state index in [0.29, 0.717) is 12.8 Å². The number of aliphatic hydroxyl groups excluding tert-OH is 2. The van der Waals surface area contributed by atoms with Crippen LogP contribution in [0.2, 0.25) is 0 Å². The van der Waals surface area contributed by atoms with E-state index in [1.54, 1.807) is 0 Å². The Hall–Kier alpha value is -0.880. The van der Waals surface area contributed by atoms with E-state index < -0.39 is 12.2 Å². The summed E-state index contributed by atoms with van der Waals surface area (Å²) in [4.78, 5) is 4.45. The Labute approximate surface area is 142 Å². The number of nitrogens with zero attached hydrogens (tertiary/aromatic N) is 2. The van der Waals surface area contributed by atoms with Crippen LogP contribution >= 0.6 is 0 Å². The van der Waals surface area contributed by atoms with Crippen molar-refractivity contribution in [2.24, 2.45) is 0 Å². The molecule has 0 fully saturated rings. The average molecular weight is 328 g/mol. The Bertz CT molecular complexity index is 307. The predicted molar refractivity (Wildman–Crippen MR) is 96.2 cm³/mol. The smallest absolute Gasteiger partial charge is 0.125 e. The van der Waals surface area contributed by atoms with Crippen molar-refractivity contribution in [3.8, 4) is 0 Å². The van der Waals surface area contributed by atoms with Crippen molar-refractivity contribution in [3.05, 3.63) is 24.7 Å². The van der Waals surface area contributed by atoms with Crippen LogP contribution in [0.3, 0.4) is 0 Å². The first-order valence-corrected chi connectivity index (χ1v) is 8.75. The molecule has 2 N–H and O–H groups in total. The van der Waals surface area contributed by atoms with Crippen LogP contribution in [0.4, 0.5) is 0 Å². The number of rotatable bonds is 14. The molecule has 0 spiro atoms. The first kappa shape index (κ1) is 22.1. The summed E-state index contributed by atoms with van der Waals surface area (Å²) in [6.07, 6.45) is -0.378. The minimum atomic E-state index is -0.748. The van der Waals surface area contributed by atoms with Gasteiger partial charge in [0.05, 0.1) is 0 Å². The van der Waals surface area contributed by atoms with Gasteiger partial charge in [-0.1, -0.05) is 40.9 Å². The van der Waals surface area contributed by atoms with Crippen LogP contribution in [0.1, 0.15) is 40.5 Å². The fourth-order valence-corrected chi connectivity index (χ4v) is 2.32. The van der Waals surface area contributed by atoms with Crippen LogP contribution < -0.4 is 0 Å². The van der Waals surface area contributed by atoms with Crippen molar-refractivity contribution in [1.29, 1.82) is 0 Å². The van der Waals surface area contributed by atoms with Crippen LogP contribution in [-0.2, 0) is 4.74 Å². The molecular formula is C18H36N2O3. The Morgan fingerprint density at radius 2 is 1.09 bits per heavy atom. The third-order valence-electron chi connectivity index (χ3n) is 4.23. The molecule has 0 heterocycles. The lowest BCUT2D eigenvalue weighted by atomic mass is 10.2. The third kappa shape index (κ3) is 9.11. The zero-order valence-electron chi connectivity index (χ0n) is 15.4. The van der Waals surface area contributed by atoms with Crippen LogP contribution in [0.15, 0.2) is 24.7 Å². The van der Waals surface area contributed by atoms with Crippen molar-refractivity contribution in [2.45, 2.75) is 52.7 Å². The zero-order valence-corrected chi connectivity index (χ0v) is 15.4. The molecule has 5 heteroatoms. The molecule has 136 valence electrons. The van der Waals surface area contributed by atoms with Gasteiger partial charge in [-0.15, -0.1) is 0 Å². The van der Waals surface area contributed by atoms with Crippen molar-refractivity contribution < 1.29 is 14.9 Å². The van der Waals surface area contributed by atoms with E-state index in [9.17, 15) is 10.2 Å². The van der Waals surface area contributed by atoms with Gasteiger partial charge in [0.2, 0.25) is 0 Å². The summed E-state index contributed by atoms with van der Waals surface area (Å²) in [6.45, 7) is 21.3. The fourth-order valence-electron chi connectivity index (χ4n) is 2.32. The minimum absolute atomic E-state index is 0.254. The predicted octanol–water partition coefficient (Wildman–Crippen LogP) is 2.22. The molecular weight excluding hydrogens is 292 g/mol. The maximum atomic E-state index is 10.1. The quantitative estimate of drug-likeness (QED) is 0.479. The molecule has 0 aromatic heterocycles. The summed E-state index contributed by atoms with van der Waals surface area (Å²) in [5, 5.41) is 20.2. The highest BCUT2D eigenvalue weighted by Gasteiger charge is 2.17. The Balaban J connectivity index is 4.18. The molecule has 0 aromatic rings. The van der Waals surface area contributed by atoms with Gasteiger partial charge in [0.15, 0.2) is 0 Å². The second-order valence-corrected chi connectivity index (χ2v) is 5.70. The Morgan fingerprint density at radius 1 is 0.783 bits per heavy atom. The highest BCUT2D eigenvalue weighted by molar-refractivity contribution is 5.02. The fraction of sp³-hybridized carbons (Fsp3) is 0.778. The van der Waals surface area contributed by atoms with Crippen LogP contribution in [0.25, 0.3) is 0 Å². The van der Waals surface area contributed by atoms with Gasteiger partial charge in [-0.3, -0.25) is 0 Å². The Kier molecular flexibility index (Phi) is 12.1. The molecule has 0 saturated heterocycles. The highest BCUT2D eigenvalue weighted by atomic mass is 16.5. The van der Waals surface area contributed by atoms with E-state index in [0.717, 1.165) is 39.3 Å². The van der Waals surface area contributed by atoms with Gasteiger partial charge in [0.25, 0.3) is 0 Å². The minimum Gasteiger partial charge on any atom is -0.462 e. The SMILES string of the molecule is C=C(OC(=C)C(O)CCN(CC)CC)C(O)CCN(CC)CC. The van der Waals surface area contributed by atoms with Crippen molar-refractivity contribution in [1.82, 2.24) is 9.80 Å². The van der Waals surface area contributed by atoms with E-state index >= 15 is 0 Å². The summed E-state index contributed by atoms with van der Waals surface area (Å²) in [7, 11) is 0. The van der Waals surface area contributed by atoms with Crippen molar-refractivity contribution in [2.75, 3.05) is 39.3 Å². The van der Waals surface area contributed by atoms with E-state index in [4.69, 9.17) is 4.74 Å². The second kappa shape index (κ2) is 12.5. The highest BCUT2D eigenvalue weighted by Crippen LogP contribution is 2.15. The topological polar surface area (TPSA) is 56.2 Å². The van der Waals surface area contributed by atoms with E-state index in [2.05, 4.69) is 50.7 Å². The molecule has 2 atom stereocenters. The van der Waals surface area contributed by atoms with Gasteiger partial charge >= 0.3 is 0 Å². The number of hydrogen-bond donors (Lipinski definition) is 2. The molecule has 0 bridgehead atoms. The molecule has 0 rings (SSSR count). The molecule has 0 aliphatic rings. The van der Waals surface area contributed by atoms with Gasteiger partial charge in [0, 0.05) is 13.1 Å². The van der Waals surface area contributed by atoms with E-state index in [1.165, 1.54) is 0 Å². The van der Waals surface area contributed by atoms with Gasteiger partial charge in [-0.2, -0.15) is 0 Å². The van der Waals surface area contributed by atoms with Gasteiger partial charge in [0.1, 0.15) is 23.7 Å². The van der Waals surface area contributed by atoms with Gasteiger partial charge in [-0.25, -0.2) is 0 Å². The summed E-state index contributed by atoms with van der Waals surface area (Å²) >= 11 is 0. The largest absolute Gasteiger partial charge is 0.462 e. The third-order valence-corrected chi connectivity index (χ3v) is 4.23. The lowest BCUT2D eigenvalue weighted by Gasteiger charge is -2.24. The zero-order chi connectivity index (χ0) is 17.8. The second-order valence-electron chi connectivity index (χ2n) is 5.70. The normalized spacial score (nSPS) is 14.1. The standard InChI is InChI=1S/C18H36N2O3/c1-7-19(8-2)13-11-17(21)15(5)23-16(6)18(22)12-14-20(9-3)10-4/h17-18,21-22H,5-14H2,1-4H3. The van der Waals surface area contributed by atoms with E-state index in [-0.39, 0.29) is 11.5 Å². The first-order chi connectivity index (χ1) is 10.9. The number of aliphatic hydroxyl groups is 2. The summed E-state index contributed by atoms with van der Waals surface area (Å²) < 4.78 is 5.45. The number of ether oxygens (including phenoxy) is 1. The lowest BCUT2D eigenvalue weighted by Crippen LogP contribution is -2.29. The van der Waals surface area contributed by atoms with Gasteiger partial charge in [-0.05, 0) is 39.0 Å². The molecule has 0 radical (unpaired) electrons. The molecule has 0 saturated carbocycles. The van der Waals surface area contributed by atoms with Gasteiger partial charge < -0.3 is 24.7 Å². The molecule has 2 unspecified atom stereocenters. The van der Waals surface area contributed by atoms with E-state index in [1.807, 2.05) is 0 Å². The average Bonchev–Trinajstić information content (AvgIpc) is 2.55.